The van der Waals surface area contributed by atoms with Crippen molar-refractivity contribution in [3.63, 3.8) is 0 Å². The lowest BCUT2D eigenvalue weighted by Gasteiger charge is -2.07. The third kappa shape index (κ3) is 3.51. The number of nitrogens with zero attached hydrogens (tertiary/aromatic N) is 1. The van der Waals surface area contributed by atoms with Gasteiger partial charge in [0.1, 0.15) is 12.4 Å². The molecule has 1 aromatic carbocycles. The maximum Gasteiger partial charge on any atom is 0.308 e. The van der Waals surface area contributed by atoms with Gasteiger partial charge in [0.15, 0.2) is 0 Å². The largest absolute Gasteiger partial charge is 0.460 e. The van der Waals surface area contributed by atoms with Crippen LogP contribution in [0.25, 0.3) is 0 Å². The molecule has 0 spiro atoms. The monoisotopic (exact) mass is 241 g/mol. The van der Waals surface area contributed by atoms with Crippen LogP contribution in [0.4, 0.5) is 10.1 Å². The van der Waals surface area contributed by atoms with E-state index in [1.807, 2.05) is 0 Å². The van der Waals surface area contributed by atoms with Crippen LogP contribution in [-0.4, -0.2) is 10.9 Å². The van der Waals surface area contributed by atoms with Gasteiger partial charge < -0.3 is 4.74 Å². The summed E-state index contributed by atoms with van der Waals surface area (Å²) >= 11 is 0. The quantitative estimate of drug-likeness (QED) is 0.461. The number of hydrogen-bond donors (Lipinski definition) is 0. The fourth-order valence-electron chi connectivity index (χ4n) is 1.14. The van der Waals surface area contributed by atoms with Crippen LogP contribution < -0.4 is 0 Å². The molecular formula is C11H12FNO4. The number of nitro benzene ring substituents is 1. The van der Waals surface area contributed by atoms with E-state index in [1.54, 1.807) is 13.8 Å². The highest BCUT2D eigenvalue weighted by Crippen LogP contribution is 2.20. The van der Waals surface area contributed by atoms with Gasteiger partial charge in [0.25, 0.3) is 5.69 Å². The Hall–Kier alpha value is -1.98. The summed E-state index contributed by atoms with van der Waals surface area (Å²) in [6.45, 7) is 3.08. The summed E-state index contributed by atoms with van der Waals surface area (Å²) in [6, 6.07) is 3.13. The van der Waals surface area contributed by atoms with E-state index in [0.29, 0.717) is 0 Å². The van der Waals surface area contributed by atoms with Crippen LogP contribution in [0.15, 0.2) is 18.2 Å². The van der Waals surface area contributed by atoms with Gasteiger partial charge in [-0.1, -0.05) is 13.8 Å². The predicted molar refractivity (Wildman–Crippen MR) is 57.7 cm³/mol. The number of carbonyl (C=O) groups is 1. The van der Waals surface area contributed by atoms with Crippen LogP contribution in [0.1, 0.15) is 19.4 Å². The van der Waals surface area contributed by atoms with Crippen LogP contribution >= 0.6 is 0 Å². The molecule has 0 saturated heterocycles. The number of rotatable bonds is 4. The number of carbonyl (C=O) groups excluding carboxylic acids is 1. The first-order valence-electron chi connectivity index (χ1n) is 5.01. The van der Waals surface area contributed by atoms with E-state index in [9.17, 15) is 19.3 Å². The molecule has 0 heterocycles. The molecular weight excluding hydrogens is 229 g/mol. The van der Waals surface area contributed by atoms with Gasteiger partial charge in [-0.3, -0.25) is 14.9 Å². The molecule has 1 rings (SSSR count). The van der Waals surface area contributed by atoms with Crippen molar-refractivity contribution in [2.24, 2.45) is 5.92 Å². The Morgan fingerprint density at radius 1 is 1.53 bits per heavy atom. The lowest BCUT2D eigenvalue weighted by molar-refractivity contribution is -0.386. The molecule has 5 nitrogen and oxygen atoms in total. The van der Waals surface area contributed by atoms with E-state index in [4.69, 9.17) is 4.74 Å². The highest BCUT2D eigenvalue weighted by atomic mass is 19.1. The predicted octanol–water partition coefficient (Wildman–Crippen LogP) is 2.43. The van der Waals surface area contributed by atoms with E-state index in [1.165, 1.54) is 6.07 Å². The molecule has 0 amide bonds. The SMILES string of the molecule is CC(C)C(=O)OCc1ccc(F)cc1[N+](=O)[O-]. The summed E-state index contributed by atoms with van der Waals surface area (Å²) in [7, 11) is 0. The van der Waals surface area contributed by atoms with Crippen molar-refractivity contribution >= 4 is 11.7 Å². The van der Waals surface area contributed by atoms with E-state index < -0.39 is 16.7 Å². The van der Waals surface area contributed by atoms with Crippen LogP contribution in [0.5, 0.6) is 0 Å². The highest BCUT2D eigenvalue weighted by molar-refractivity contribution is 5.71. The summed E-state index contributed by atoms with van der Waals surface area (Å²) in [5.41, 5.74) is -0.216. The Bertz CT molecular complexity index is 445. The van der Waals surface area contributed by atoms with Crippen molar-refractivity contribution in [1.29, 1.82) is 0 Å². The zero-order valence-electron chi connectivity index (χ0n) is 9.47. The van der Waals surface area contributed by atoms with E-state index in [0.717, 1.165) is 12.1 Å². The third-order valence-corrected chi connectivity index (χ3v) is 2.09. The van der Waals surface area contributed by atoms with Crippen LogP contribution in [0.2, 0.25) is 0 Å². The van der Waals surface area contributed by atoms with Crippen molar-refractivity contribution in [2.75, 3.05) is 0 Å². The van der Waals surface area contributed by atoms with Crippen molar-refractivity contribution < 1.29 is 18.8 Å². The zero-order chi connectivity index (χ0) is 13.0. The Morgan fingerprint density at radius 3 is 2.71 bits per heavy atom. The maximum absolute atomic E-state index is 12.8. The Balaban J connectivity index is 2.84. The number of hydrogen-bond acceptors (Lipinski definition) is 4. The van der Waals surface area contributed by atoms with Crippen LogP contribution in [0.3, 0.4) is 0 Å². The van der Waals surface area contributed by atoms with Gasteiger partial charge in [0.2, 0.25) is 0 Å². The van der Waals surface area contributed by atoms with Crippen LogP contribution in [0, 0.1) is 21.8 Å². The lowest BCUT2D eigenvalue weighted by Crippen LogP contribution is -2.12. The molecule has 0 N–H and O–H groups in total. The normalized spacial score (nSPS) is 10.4. The average Bonchev–Trinajstić information content (AvgIpc) is 2.26. The summed E-state index contributed by atoms with van der Waals surface area (Å²) < 4.78 is 17.7. The minimum absolute atomic E-state index is 0.172. The van der Waals surface area contributed by atoms with Gasteiger partial charge >= 0.3 is 5.97 Å². The summed E-state index contributed by atoms with van der Waals surface area (Å²) in [5, 5.41) is 10.7. The average molecular weight is 241 g/mol. The molecule has 6 heteroatoms. The van der Waals surface area contributed by atoms with Gasteiger partial charge in [-0.05, 0) is 12.1 Å². The Kier molecular flexibility index (Phi) is 4.14. The second-order valence-corrected chi connectivity index (χ2v) is 3.79. The first kappa shape index (κ1) is 13.1. The molecule has 0 aliphatic carbocycles. The van der Waals surface area contributed by atoms with Crippen molar-refractivity contribution in [3.8, 4) is 0 Å². The summed E-state index contributed by atoms with van der Waals surface area (Å²) in [6.07, 6.45) is 0. The van der Waals surface area contributed by atoms with Gasteiger partial charge in [0.05, 0.1) is 22.5 Å². The molecule has 0 aromatic heterocycles. The molecule has 0 unspecified atom stereocenters. The standard InChI is InChI=1S/C11H12FNO4/c1-7(2)11(14)17-6-8-3-4-9(12)5-10(8)13(15)16/h3-5,7H,6H2,1-2H3. The molecule has 17 heavy (non-hydrogen) atoms. The summed E-state index contributed by atoms with van der Waals surface area (Å²) in [5.74, 6) is -1.46. The zero-order valence-corrected chi connectivity index (χ0v) is 9.47. The van der Waals surface area contributed by atoms with E-state index in [-0.39, 0.29) is 23.8 Å². The molecule has 0 saturated carbocycles. The first-order chi connectivity index (χ1) is 7.91. The third-order valence-electron chi connectivity index (χ3n) is 2.09. The second kappa shape index (κ2) is 5.38. The lowest BCUT2D eigenvalue weighted by atomic mass is 10.2. The van der Waals surface area contributed by atoms with Crippen molar-refractivity contribution in [1.82, 2.24) is 0 Å². The van der Waals surface area contributed by atoms with Crippen molar-refractivity contribution in [2.45, 2.75) is 20.5 Å². The fraction of sp³-hybridized carbons (Fsp3) is 0.364. The number of benzene rings is 1. The number of halogens is 1. The second-order valence-electron chi connectivity index (χ2n) is 3.79. The van der Waals surface area contributed by atoms with E-state index >= 15 is 0 Å². The molecule has 92 valence electrons. The molecule has 0 aliphatic heterocycles. The van der Waals surface area contributed by atoms with Gasteiger partial charge in [-0.15, -0.1) is 0 Å². The molecule has 0 radical (unpaired) electrons. The topological polar surface area (TPSA) is 69.4 Å². The number of ether oxygens (including phenoxy) is 1. The van der Waals surface area contributed by atoms with E-state index in [2.05, 4.69) is 0 Å². The molecule has 0 bridgehead atoms. The van der Waals surface area contributed by atoms with Gasteiger partial charge in [-0.25, -0.2) is 4.39 Å². The molecule has 0 atom stereocenters. The van der Waals surface area contributed by atoms with Crippen LogP contribution in [-0.2, 0) is 16.1 Å². The molecule has 1 aromatic rings. The van der Waals surface area contributed by atoms with Crippen molar-refractivity contribution in [3.05, 3.63) is 39.7 Å². The molecule has 0 aliphatic rings. The first-order valence-corrected chi connectivity index (χ1v) is 5.01. The minimum atomic E-state index is -0.707. The number of nitro groups is 1. The van der Waals surface area contributed by atoms with Gasteiger partial charge in [-0.2, -0.15) is 0 Å². The molecule has 0 fully saturated rings. The number of esters is 1. The Labute approximate surface area is 97.3 Å². The smallest absolute Gasteiger partial charge is 0.308 e. The minimum Gasteiger partial charge on any atom is -0.460 e. The van der Waals surface area contributed by atoms with Gasteiger partial charge in [0, 0.05) is 0 Å². The maximum atomic E-state index is 12.8. The highest BCUT2D eigenvalue weighted by Gasteiger charge is 2.17. The fourth-order valence-corrected chi connectivity index (χ4v) is 1.14. The Morgan fingerprint density at radius 2 is 2.18 bits per heavy atom. The summed E-state index contributed by atoms with van der Waals surface area (Å²) in [4.78, 5) is 21.1.